The maximum atomic E-state index is 13.8. The predicted molar refractivity (Wildman–Crippen MR) is 133 cm³/mol. The number of amides is 2. The molecule has 0 unspecified atom stereocenters. The van der Waals surface area contributed by atoms with Gasteiger partial charge in [-0.05, 0) is 37.5 Å². The van der Waals surface area contributed by atoms with Gasteiger partial charge in [-0.1, -0.05) is 91.0 Å². The molecule has 0 spiro atoms. The van der Waals surface area contributed by atoms with Crippen molar-refractivity contribution in [1.82, 2.24) is 4.90 Å². The van der Waals surface area contributed by atoms with Crippen molar-refractivity contribution >= 4 is 18.0 Å². The maximum absolute atomic E-state index is 13.8. The number of ether oxygens (including phenoxy) is 1. The van der Waals surface area contributed by atoms with Crippen molar-refractivity contribution in [3.8, 4) is 0 Å². The number of aliphatic carboxylic acids is 1. The van der Waals surface area contributed by atoms with Gasteiger partial charge in [-0.2, -0.15) is 0 Å². The Hall–Kier alpha value is -3.97. The van der Waals surface area contributed by atoms with Crippen LogP contribution in [0, 0.1) is 0 Å². The molecule has 3 aromatic carbocycles. The van der Waals surface area contributed by atoms with Gasteiger partial charge in [0, 0.05) is 0 Å². The molecule has 0 saturated carbocycles. The number of carbonyl (C=O) groups is 3. The quantitative estimate of drug-likeness (QED) is 0.487. The van der Waals surface area contributed by atoms with Gasteiger partial charge in [-0.3, -0.25) is 9.59 Å². The van der Waals surface area contributed by atoms with E-state index in [4.69, 9.17) is 10.5 Å². The van der Waals surface area contributed by atoms with Crippen molar-refractivity contribution in [2.75, 3.05) is 0 Å². The Balaban J connectivity index is 2.40. The molecule has 182 valence electrons. The van der Waals surface area contributed by atoms with Crippen LogP contribution in [0.25, 0.3) is 0 Å². The van der Waals surface area contributed by atoms with Crippen LogP contribution >= 0.6 is 0 Å². The second-order valence-electron chi connectivity index (χ2n) is 9.17. The van der Waals surface area contributed by atoms with Gasteiger partial charge in [-0.15, -0.1) is 0 Å². The number of hydrogen-bond acceptors (Lipinski definition) is 5. The first kappa shape index (κ1) is 25.6. The minimum atomic E-state index is -1.49. The molecule has 0 fully saturated rings. The summed E-state index contributed by atoms with van der Waals surface area (Å²) in [5.41, 5.74) is 5.25. The molecule has 0 saturated heterocycles. The van der Waals surface area contributed by atoms with E-state index in [1.165, 1.54) is 0 Å². The molecule has 0 aliphatic rings. The Labute approximate surface area is 205 Å². The van der Waals surface area contributed by atoms with Gasteiger partial charge in [-0.25, -0.2) is 9.69 Å². The van der Waals surface area contributed by atoms with Crippen LogP contribution in [0.3, 0.4) is 0 Å². The number of benzene rings is 3. The molecule has 0 bridgehead atoms. The van der Waals surface area contributed by atoms with E-state index in [0.29, 0.717) is 16.7 Å². The molecule has 0 aliphatic heterocycles. The minimum Gasteiger partial charge on any atom is -0.480 e. The summed E-state index contributed by atoms with van der Waals surface area (Å²) < 4.78 is 5.71. The van der Waals surface area contributed by atoms with E-state index in [2.05, 4.69) is 0 Å². The highest BCUT2D eigenvalue weighted by Crippen LogP contribution is 2.43. The topological polar surface area (TPSA) is 110 Å². The summed E-state index contributed by atoms with van der Waals surface area (Å²) in [6.07, 6.45) is -1.50. The number of nitrogens with zero attached hydrogens (tertiary/aromatic N) is 1. The molecule has 7 nitrogen and oxygen atoms in total. The van der Waals surface area contributed by atoms with Crippen molar-refractivity contribution in [3.05, 3.63) is 108 Å². The lowest BCUT2D eigenvalue weighted by Gasteiger charge is -2.44. The number of hydrogen-bond donors (Lipinski definition) is 2. The highest BCUT2D eigenvalue weighted by Gasteiger charge is 2.49. The number of carboxylic acids is 1. The summed E-state index contributed by atoms with van der Waals surface area (Å²) in [5, 5.41) is 9.38. The molecule has 35 heavy (non-hydrogen) atoms. The largest absolute Gasteiger partial charge is 0.480 e. The molecule has 0 aromatic heterocycles. The van der Waals surface area contributed by atoms with Crippen molar-refractivity contribution in [2.24, 2.45) is 5.73 Å². The average Bonchev–Trinajstić information content (AvgIpc) is 2.82. The maximum Gasteiger partial charge on any atom is 0.418 e. The second kappa shape index (κ2) is 10.5. The van der Waals surface area contributed by atoms with Crippen LogP contribution in [-0.4, -0.2) is 39.6 Å². The Bertz CT molecular complexity index is 1060. The van der Waals surface area contributed by atoms with Gasteiger partial charge in [0.1, 0.15) is 17.2 Å². The van der Waals surface area contributed by atoms with E-state index >= 15 is 0 Å². The first-order chi connectivity index (χ1) is 16.6. The molecular weight excluding hydrogens is 444 g/mol. The van der Waals surface area contributed by atoms with E-state index in [-0.39, 0.29) is 0 Å². The van der Waals surface area contributed by atoms with Crippen LogP contribution in [0.15, 0.2) is 91.0 Å². The predicted octanol–water partition coefficient (Wildman–Crippen LogP) is 4.54. The smallest absolute Gasteiger partial charge is 0.418 e. The summed E-state index contributed by atoms with van der Waals surface area (Å²) in [6, 6.07) is 25.8. The summed E-state index contributed by atoms with van der Waals surface area (Å²) >= 11 is 0. The standard InChI is InChI=1S/C28H30N2O5/c1-27(2,3)35-26(34)30(24(31)19-23(29)25(32)33)28(20-13-7-4-8-14-20,21-15-9-5-10-16-21)22-17-11-6-12-18-22/h4-18,23H,19,29H2,1-3H3,(H,32,33)/t23-/m0/s1. The van der Waals surface area contributed by atoms with E-state index in [1.54, 1.807) is 20.8 Å². The Kier molecular flexibility index (Phi) is 7.71. The van der Waals surface area contributed by atoms with Gasteiger partial charge in [0.05, 0.1) is 6.42 Å². The summed E-state index contributed by atoms with van der Waals surface area (Å²) in [6.45, 7) is 5.10. The van der Waals surface area contributed by atoms with Crippen LogP contribution in [0.4, 0.5) is 4.79 Å². The third-order valence-electron chi connectivity index (χ3n) is 5.45. The number of rotatable bonds is 7. The molecule has 2 amide bonds. The van der Waals surface area contributed by atoms with Crippen LogP contribution in [-0.2, 0) is 19.9 Å². The van der Waals surface area contributed by atoms with Crippen molar-refractivity contribution < 1.29 is 24.2 Å². The molecule has 0 radical (unpaired) electrons. The minimum absolute atomic E-state index is 0.594. The Morgan fingerprint density at radius 3 is 1.49 bits per heavy atom. The van der Waals surface area contributed by atoms with E-state index in [9.17, 15) is 19.5 Å². The first-order valence-electron chi connectivity index (χ1n) is 11.3. The average molecular weight is 475 g/mol. The molecule has 0 heterocycles. The lowest BCUT2D eigenvalue weighted by Crippen LogP contribution is -2.56. The third kappa shape index (κ3) is 5.58. The number of carbonyl (C=O) groups excluding carboxylic acids is 2. The normalized spacial score (nSPS) is 12.5. The van der Waals surface area contributed by atoms with Crippen LogP contribution in [0.2, 0.25) is 0 Å². The molecule has 3 rings (SSSR count). The highest BCUT2D eigenvalue weighted by molar-refractivity contribution is 5.97. The van der Waals surface area contributed by atoms with Gasteiger partial charge >= 0.3 is 12.1 Å². The monoisotopic (exact) mass is 474 g/mol. The van der Waals surface area contributed by atoms with Gasteiger partial charge < -0.3 is 15.6 Å². The zero-order valence-corrected chi connectivity index (χ0v) is 20.0. The molecular formula is C28H30N2O5. The molecule has 3 N–H and O–H groups in total. The fraction of sp³-hybridized carbons (Fsp3) is 0.250. The summed E-state index contributed by atoms with van der Waals surface area (Å²) in [4.78, 5) is 40.2. The fourth-order valence-electron chi connectivity index (χ4n) is 4.03. The molecule has 3 aromatic rings. The van der Waals surface area contributed by atoms with Gasteiger partial charge in [0.15, 0.2) is 0 Å². The zero-order valence-electron chi connectivity index (χ0n) is 20.0. The van der Waals surface area contributed by atoms with E-state index < -0.39 is 41.6 Å². The third-order valence-corrected chi connectivity index (χ3v) is 5.45. The van der Waals surface area contributed by atoms with Crippen LogP contribution in [0.5, 0.6) is 0 Å². The number of carboxylic acid groups (broad SMARTS) is 1. The first-order valence-corrected chi connectivity index (χ1v) is 11.3. The van der Waals surface area contributed by atoms with Crippen molar-refractivity contribution in [3.63, 3.8) is 0 Å². The van der Waals surface area contributed by atoms with Crippen molar-refractivity contribution in [1.29, 1.82) is 0 Å². The van der Waals surface area contributed by atoms with Gasteiger partial charge in [0.2, 0.25) is 5.91 Å². The SMILES string of the molecule is CC(C)(C)OC(=O)N(C(=O)C[C@H](N)C(=O)O)C(c1ccccc1)(c1ccccc1)c1ccccc1. The number of nitrogens with two attached hydrogens (primary N) is 1. The second-order valence-corrected chi connectivity index (χ2v) is 9.17. The summed E-state index contributed by atoms with van der Waals surface area (Å²) in [7, 11) is 0. The highest BCUT2D eigenvalue weighted by atomic mass is 16.6. The fourth-order valence-corrected chi connectivity index (χ4v) is 4.03. The Morgan fingerprint density at radius 2 is 1.17 bits per heavy atom. The van der Waals surface area contributed by atoms with E-state index in [0.717, 1.165) is 4.90 Å². The lowest BCUT2D eigenvalue weighted by atomic mass is 9.75. The Morgan fingerprint density at radius 1 is 0.800 bits per heavy atom. The van der Waals surface area contributed by atoms with Crippen LogP contribution < -0.4 is 5.73 Å². The summed E-state index contributed by atoms with van der Waals surface area (Å²) in [5.74, 6) is -2.11. The van der Waals surface area contributed by atoms with Crippen molar-refractivity contribution in [2.45, 2.75) is 44.4 Å². The molecule has 0 aliphatic carbocycles. The molecule has 7 heteroatoms. The zero-order chi connectivity index (χ0) is 25.6. The lowest BCUT2D eigenvalue weighted by molar-refractivity contribution is -0.143. The number of imide groups is 1. The van der Waals surface area contributed by atoms with Gasteiger partial charge in [0.25, 0.3) is 0 Å². The van der Waals surface area contributed by atoms with E-state index in [1.807, 2.05) is 91.0 Å². The van der Waals surface area contributed by atoms with Crippen LogP contribution in [0.1, 0.15) is 43.9 Å². The molecule has 1 atom stereocenters.